The summed E-state index contributed by atoms with van der Waals surface area (Å²) in [6.45, 7) is 6.70. The van der Waals surface area contributed by atoms with Crippen LogP contribution in [0.25, 0.3) is 0 Å². The first-order valence-corrected chi connectivity index (χ1v) is 8.06. The fourth-order valence-electron chi connectivity index (χ4n) is 2.64. The number of nitrogen functional groups attached to an aromatic ring is 1. The molecular weight excluding hydrogens is 302 g/mol. The third-order valence-corrected chi connectivity index (χ3v) is 3.80. The van der Waals surface area contributed by atoms with Crippen molar-refractivity contribution in [1.29, 1.82) is 0 Å². The molecule has 5 heteroatoms. The van der Waals surface area contributed by atoms with Crippen LogP contribution in [0.3, 0.4) is 0 Å². The Kier molecular flexibility index (Phi) is 5.22. The van der Waals surface area contributed by atoms with E-state index in [9.17, 15) is 4.79 Å². The van der Waals surface area contributed by atoms with Gasteiger partial charge in [0.25, 0.3) is 0 Å². The largest absolute Gasteiger partial charge is 0.467 e. The molecule has 0 aliphatic heterocycles. The van der Waals surface area contributed by atoms with Crippen LogP contribution in [-0.4, -0.2) is 24.9 Å². The molecule has 0 saturated carbocycles. The van der Waals surface area contributed by atoms with E-state index >= 15 is 0 Å². The number of rotatable bonds is 5. The topological polar surface area (TPSA) is 62.7 Å². The second-order valence-electron chi connectivity index (χ2n) is 7.27. The molecule has 0 atom stereocenters. The van der Waals surface area contributed by atoms with Gasteiger partial charge in [0.1, 0.15) is 5.76 Å². The van der Waals surface area contributed by atoms with Gasteiger partial charge < -0.3 is 20.0 Å². The van der Waals surface area contributed by atoms with Crippen molar-refractivity contribution in [2.24, 2.45) is 5.41 Å². The van der Waals surface area contributed by atoms with Crippen LogP contribution < -0.4 is 10.6 Å². The van der Waals surface area contributed by atoms with Crippen LogP contribution in [0.1, 0.15) is 32.1 Å². The average molecular weight is 329 g/mol. The van der Waals surface area contributed by atoms with Crippen LogP contribution in [0.2, 0.25) is 0 Å². The maximum Gasteiger partial charge on any atom is 0.228 e. The molecule has 1 amide bonds. The van der Waals surface area contributed by atoms with E-state index in [-0.39, 0.29) is 5.91 Å². The number of nitrogens with zero attached hydrogens (tertiary/aromatic N) is 2. The van der Waals surface area contributed by atoms with Crippen molar-refractivity contribution in [2.75, 3.05) is 24.7 Å². The Labute approximate surface area is 144 Å². The van der Waals surface area contributed by atoms with E-state index in [0.717, 1.165) is 17.0 Å². The quantitative estimate of drug-likeness (QED) is 0.853. The first-order chi connectivity index (χ1) is 11.2. The van der Waals surface area contributed by atoms with E-state index in [4.69, 9.17) is 10.2 Å². The number of benzene rings is 1. The number of anilines is 2. The van der Waals surface area contributed by atoms with Crippen molar-refractivity contribution >= 4 is 17.3 Å². The number of hydrogen-bond donors (Lipinski definition) is 1. The summed E-state index contributed by atoms with van der Waals surface area (Å²) in [5.41, 5.74) is 8.25. The van der Waals surface area contributed by atoms with Crippen molar-refractivity contribution in [1.82, 2.24) is 4.90 Å². The van der Waals surface area contributed by atoms with Gasteiger partial charge in [-0.05, 0) is 35.9 Å². The molecule has 2 aromatic rings. The van der Waals surface area contributed by atoms with Crippen LogP contribution in [0.4, 0.5) is 11.4 Å². The molecule has 0 fully saturated rings. The van der Waals surface area contributed by atoms with E-state index in [0.29, 0.717) is 18.8 Å². The Morgan fingerprint density at radius 2 is 1.88 bits per heavy atom. The van der Waals surface area contributed by atoms with Crippen LogP contribution in [-0.2, 0) is 17.9 Å². The SMILES string of the molecule is CN(C)c1ccc(N)cc1CN(Cc1ccco1)C(=O)C(C)(C)C. The number of amides is 1. The molecule has 1 aromatic carbocycles. The summed E-state index contributed by atoms with van der Waals surface area (Å²) in [6, 6.07) is 9.51. The maximum absolute atomic E-state index is 12.9. The van der Waals surface area contributed by atoms with E-state index in [1.54, 1.807) is 6.26 Å². The smallest absolute Gasteiger partial charge is 0.228 e. The van der Waals surface area contributed by atoms with E-state index in [1.165, 1.54) is 0 Å². The highest BCUT2D eigenvalue weighted by atomic mass is 16.3. The predicted octanol–water partition coefficient (Wildman–Crippen LogP) is 3.50. The molecule has 2 N–H and O–H groups in total. The minimum absolute atomic E-state index is 0.0750. The van der Waals surface area contributed by atoms with Gasteiger partial charge in [-0.1, -0.05) is 20.8 Å². The van der Waals surface area contributed by atoms with Gasteiger partial charge in [-0.25, -0.2) is 0 Å². The van der Waals surface area contributed by atoms with E-state index in [1.807, 2.05) is 75.0 Å². The summed E-state index contributed by atoms with van der Waals surface area (Å²) in [5.74, 6) is 0.842. The molecule has 130 valence electrons. The van der Waals surface area contributed by atoms with Crippen molar-refractivity contribution in [3.63, 3.8) is 0 Å². The van der Waals surface area contributed by atoms with Gasteiger partial charge in [-0.3, -0.25) is 4.79 Å². The lowest BCUT2D eigenvalue weighted by Gasteiger charge is -2.30. The molecule has 24 heavy (non-hydrogen) atoms. The van der Waals surface area contributed by atoms with Crippen molar-refractivity contribution < 1.29 is 9.21 Å². The number of nitrogens with two attached hydrogens (primary N) is 1. The number of carbonyl (C=O) groups is 1. The van der Waals surface area contributed by atoms with E-state index < -0.39 is 5.41 Å². The second-order valence-corrected chi connectivity index (χ2v) is 7.27. The highest BCUT2D eigenvalue weighted by Gasteiger charge is 2.28. The molecule has 0 unspecified atom stereocenters. The van der Waals surface area contributed by atoms with Crippen molar-refractivity contribution in [3.05, 3.63) is 47.9 Å². The normalized spacial score (nSPS) is 11.4. The Morgan fingerprint density at radius 1 is 1.17 bits per heavy atom. The average Bonchev–Trinajstić information content (AvgIpc) is 2.97. The van der Waals surface area contributed by atoms with Gasteiger partial charge >= 0.3 is 0 Å². The lowest BCUT2D eigenvalue weighted by molar-refractivity contribution is -0.141. The molecule has 0 aliphatic rings. The maximum atomic E-state index is 12.9. The zero-order chi connectivity index (χ0) is 17.9. The van der Waals surface area contributed by atoms with Crippen molar-refractivity contribution in [2.45, 2.75) is 33.9 Å². The molecule has 0 aliphatic carbocycles. The number of furan rings is 1. The molecule has 0 bridgehead atoms. The Balaban J connectivity index is 2.34. The van der Waals surface area contributed by atoms with Crippen LogP contribution in [0, 0.1) is 5.41 Å². The summed E-state index contributed by atoms with van der Waals surface area (Å²) in [7, 11) is 3.97. The highest BCUT2D eigenvalue weighted by molar-refractivity contribution is 5.81. The summed E-state index contributed by atoms with van der Waals surface area (Å²) in [5, 5.41) is 0. The van der Waals surface area contributed by atoms with Crippen molar-refractivity contribution in [3.8, 4) is 0 Å². The van der Waals surface area contributed by atoms with Gasteiger partial charge in [0, 0.05) is 37.4 Å². The number of carbonyl (C=O) groups excluding carboxylic acids is 1. The van der Waals surface area contributed by atoms with Crippen LogP contribution in [0.15, 0.2) is 41.0 Å². The van der Waals surface area contributed by atoms with E-state index in [2.05, 4.69) is 0 Å². The summed E-state index contributed by atoms with van der Waals surface area (Å²) < 4.78 is 5.44. The Hall–Kier alpha value is -2.43. The van der Waals surface area contributed by atoms with Gasteiger partial charge in [0.15, 0.2) is 0 Å². The summed E-state index contributed by atoms with van der Waals surface area (Å²) in [4.78, 5) is 16.8. The number of hydrogen-bond acceptors (Lipinski definition) is 4. The summed E-state index contributed by atoms with van der Waals surface area (Å²) >= 11 is 0. The van der Waals surface area contributed by atoms with Gasteiger partial charge in [-0.2, -0.15) is 0 Å². The lowest BCUT2D eigenvalue weighted by Crippen LogP contribution is -2.38. The van der Waals surface area contributed by atoms with Crippen LogP contribution in [0.5, 0.6) is 0 Å². The molecular formula is C19H27N3O2. The monoisotopic (exact) mass is 329 g/mol. The highest BCUT2D eigenvalue weighted by Crippen LogP contribution is 2.26. The molecule has 0 saturated heterocycles. The van der Waals surface area contributed by atoms with Crippen LogP contribution >= 0.6 is 0 Å². The lowest BCUT2D eigenvalue weighted by atomic mass is 9.94. The fraction of sp³-hybridized carbons (Fsp3) is 0.421. The first kappa shape index (κ1) is 17.9. The predicted molar refractivity (Wildman–Crippen MR) is 97.6 cm³/mol. The fourth-order valence-corrected chi connectivity index (χ4v) is 2.64. The third kappa shape index (κ3) is 4.31. The minimum atomic E-state index is -0.467. The zero-order valence-corrected chi connectivity index (χ0v) is 15.2. The summed E-state index contributed by atoms with van der Waals surface area (Å²) in [6.07, 6.45) is 1.63. The van der Waals surface area contributed by atoms with Gasteiger partial charge in [-0.15, -0.1) is 0 Å². The molecule has 2 rings (SSSR count). The first-order valence-electron chi connectivity index (χ1n) is 8.06. The molecule has 5 nitrogen and oxygen atoms in total. The van der Waals surface area contributed by atoms with Gasteiger partial charge in [0.05, 0.1) is 12.8 Å². The standard InChI is InChI=1S/C19H27N3O2/c1-19(2,3)18(23)22(13-16-7-6-10-24-16)12-14-11-15(20)8-9-17(14)21(4)5/h6-11H,12-13,20H2,1-5H3. The molecule has 1 aromatic heterocycles. The minimum Gasteiger partial charge on any atom is -0.467 e. The third-order valence-electron chi connectivity index (χ3n) is 3.80. The zero-order valence-electron chi connectivity index (χ0n) is 15.2. The Morgan fingerprint density at radius 3 is 2.42 bits per heavy atom. The molecule has 1 heterocycles. The van der Waals surface area contributed by atoms with Gasteiger partial charge in [0.2, 0.25) is 5.91 Å². The molecule has 0 spiro atoms. The molecule has 0 radical (unpaired) electrons. The second kappa shape index (κ2) is 6.99. The Bertz CT molecular complexity index is 685.